The van der Waals surface area contributed by atoms with Crippen molar-refractivity contribution in [2.45, 2.75) is 32.2 Å². The maximum Gasteiger partial charge on any atom is 0.328 e. The SMILES string of the molecule is CCOC(=O)C(Cc1ccccc1)NC(=O)c1cc(Cl)c(OCCCCN=C(N)N)c(Cl)c1O. The minimum Gasteiger partial charge on any atom is -0.505 e. The van der Waals surface area contributed by atoms with Crippen molar-refractivity contribution in [1.82, 2.24) is 5.32 Å². The number of hydrogen-bond acceptors (Lipinski definition) is 6. The van der Waals surface area contributed by atoms with Gasteiger partial charge in [-0.05, 0) is 31.4 Å². The normalized spacial score (nSPS) is 11.4. The van der Waals surface area contributed by atoms with Crippen LogP contribution < -0.4 is 21.5 Å². The third kappa shape index (κ3) is 8.00. The lowest BCUT2D eigenvalue weighted by Gasteiger charge is -2.19. The fourth-order valence-corrected chi connectivity index (χ4v) is 3.58. The van der Waals surface area contributed by atoms with Crippen molar-refractivity contribution in [2.75, 3.05) is 19.8 Å². The van der Waals surface area contributed by atoms with Gasteiger partial charge >= 0.3 is 5.97 Å². The van der Waals surface area contributed by atoms with Gasteiger partial charge in [0.1, 0.15) is 11.1 Å². The Morgan fingerprint density at radius 1 is 1.18 bits per heavy atom. The fraction of sp³-hybridized carbons (Fsp3) is 0.348. The number of esters is 1. The zero-order valence-corrected chi connectivity index (χ0v) is 20.2. The summed E-state index contributed by atoms with van der Waals surface area (Å²) in [6.45, 7) is 2.51. The second-order valence-electron chi connectivity index (χ2n) is 7.23. The van der Waals surface area contributed by atoms with Crippen molar-refractivity contribution >= 4 is 41.0 Å². The molecule has 1 amide bonds. The van der Waals surface area contributed by atoms with Crippen LogP contribution in [0, 0.1) is 0 Å². The monoisotopic (exact) mass is 510 g/mol. The van der Waals surface area contributed by atoms with Crippen molar-refractivity contribution in [3.8, 4) is 11.5 Å². The lowest BCUT2D eigenvalue weighted by Crippen LogP contribution is -2.43. The van der Waals surface area contributed by atoms with Gasteiger partial charge in [0.05, 0.1) is 23.8 Å². The summed E-state index contributed by atoms with van der Waals surface area (Å²) >= 11 is 12.5. The van der Waals surface area contributed by atoms with Crippen LogP contribution >= 0.6 is 23.2 Å². The summed E-state index contributed by atoms with van der Waals surface area (Å²) in [4.78, 5) is 29.2. The molecule has 0 aliphatic rings. The Labute approximate surface area is 208 Å². The van der Waals surface area contributed by atoms with Crippen LogP contribution in [-0.4, -0.2) is 48.7 Å². The summed E-state index contributed by atoms with van der Waals surface area (Å²) in [5.74, 6) is -1.79. The fourth-order valence-electron chi connectivity index (χ4n) is 3.01. The van der Waals surface area contributed by atoms with Crippen LogP contribution in [0.2, 0.25) is 10.0 Å². The number of nitrogens with two attached hydrogens (primary N) is 2. The zero-order valence-electron chi connectivity index (χ0n) is 18.7. The number of ether oxygens (including phenoxy) is 2. The van der Waals surface area contributed by atoms with E-state index in [1.165, 1.54) is 6.07 Å². The first-order valence-electron chi connectivity index (χ1n) is 10.6. The molecule has 0 heterocycles. The molecule has 34 heavy (non-hydrogen) atoms. The highest BCUT2D eigenvalue weighted by molar-refractivity contribution is 6.39. The molecule has 2 aromatic rings. The van der Waals surface area contributed by atoms with Gasteiger partial charge in [0.2, 0.25) is 0 Å². The first-order chi connectivity index (χ1) is 16.2. The smallest absolute Gasteiger partial charge is 0.328 e. The van der Waals surface area contributed by atoms with Gasteiger partial charge in [-0.15, -0.1) is 0 Å². The van der Waals surface area contributed by atoms with Gasteiger partial charge in [0.15, 0.2) is 17.5 Å². The number of carbonyl (C=O) groups is 2. The number of halogens is 2. The standard InChI is InChI=1S/C23H28Cl2N4O5/c1-2-33-22(32)17(12-14-8-4-3-5-9-14)29-21(31)15-13-16(24)20(18(25)19(15)30)34-11-7-6-10-28-23(26)27/h3-5,8-9,13,17,30H,2,6-7,10-12H2,1H3,(H,29,31)(H4,26,27,28). The summed E-state index contributed by atoms with van der Waals surface area (Å²) in [6.07, 6.45) is 1.47. The molecule has 1 atom stereocenters. The van der Waals surface area contributed by atoms with Gasteiger partial charge in [0.25, 0.3) is 5.91 Å². The second kappa shape index (κ2) is 13.5. The highest BCUT2D eigenvalue weighted by Crippen LogP contribution is 2.42. The van der Waals surface area contributed by atoms with E-state index in [0.29, 0.717) is 19.4 Å². The van der Waals surface area contributed by atoms with Gasteiger partial charge < -0.3 is 31.4 Å². The van der Waals surface area contributed by atoms with E-state index in [1.54, 1.807) is 6.92 Å². The van der Waals surface area contributed by atoms with Crippen LogP contribution in [0.5, 0.6) is 11.5 Å². The number of aromatic hydroxyl groups is 1. The van der Waals surface area contributed by atoms with E-state index in [2.05, 4.69) is 10.3 Å². The van der Waals surface area contributed by atoms with Crippen LogP contribution in [0.25, 0.3) is 0 Å². The molecule has 0 aliphatic carbocycles. The highest BCUT2D eigenvalue weighted by Gasteiger charge is 2.27. The summed E-state index contributed by atoms with van der Waals surface area (Å²) in [5, 5.41) is 12.9. The van der Waals surface area contributed by atoms with Crippen molar-refractivity contribution in [3.63, 3.8) is 0 Å². The van der Waals surface area contributed by atoms with Crippen molar-refractivity contribution < 1.29 is 24.2 Å². The van der Waals surface area contributed by atoms with Crippen molar-refractivity contribution in [1.29, 1.82) is 0 Å². The number of amides is 1. The Hall–Kier alpha value is -3.17. The first-order valence-corrected chi connectivity index (χ1v) is 11.4. The Kier molecular flexibility index (Phi) is 10.8. The van der Waals surface area contributed by atoms with Gasteiger partial charge in [-0.25, -0.2) is 4.79 Å². The minimum absolute atomic E-state index is 0.0137. The molecule has 0 aromatic heterocycles. The number of unbranched alkanes of at least 4 members (excludes halogenated alkanes) is 1. The highest BCUT2D eigenvalue weighted by atomic mass is 35.5. The Morgan fingerprint density at radius 2 is 1.88 bits per heavy atom. The molecular formula is C23H28Cl2N4O5. The van der Waals surface area contributed by atoms with E-state index >= 15 is 0 Å². The van der Waals surface area contributed by atoms with Crippen molar-refractivity contribution in [2.24, 2.45) is 16.5 Å². The number of phenolic OH excluding ortho intramolecular Hbond substituents is 1. The molecule has 0 bridgehead atoms. The summed E-state index contributed by atoms with van der Waals surface area (Å²) in [7, 11) is 0. The van der Waals surface area contributed by atoms with Crippen LogP contribution in [-0.2, 0) is 16.0 Å². The van der Waals surface area contributed by atoms with Crippen LogP contribution in [0.1, 0.15) is 35.7 Å². The third-order valence-electron chi connectivity index (χ3n) is 4.65. The van der Waals surface area contributed by atoms with Gasteiger partial charge in [-0.2, -0.15) is 0 Å². The number of benzene rings is 2. The number of guanidine groups is 1. The molecule has 9 nitrogen and oxygen atoms in total. The number of aliphatic imine (C=N–C) groups is 1. The minimum atomic E-state index is -0.979. The second-order valence-corrected chi connectivity index (χ2v) is 8.01. The van der Waals surface area contributed by atoms with Crippen molar-refractivity contribution in [3.05, 3.63) is 57.6 Å². The predicted octanol–water partition coefficient (Wildman–Crippen LogP) is 3.04. The number of phenols is 1. The largest absolute Gasteiger partial charge is 0.505 e. The zero-order chi connectivity index (χ0) is 25.1. The molecule has 0 radical (unpaired) electrons. The number of nitrogens with one attached hydrogen (secondary N) is 1. The Morgan fingerprint density at radius 3 is 2.53 bits per heavy atom. The summed E-state index contributed by atoms with van der Waals surface area (Å²) < 4.78 is 10.7. The molecule has 11 heteroatoms. The maximum atomic E-state index is 12.9. The topological polar surface area (TPSA) is 149 Å². The molecule has 1 unspecified atom stereocenters. The number of hydrogen-bond donors (Lipinski definition) is 4. The van der Waals surface area contributed by atoms with E-state index in [-0.39, 0.29) is 47.0 Å². The summed E-state index contributed by atoms with van der Waals surface area (Å²) in [5.41, 5.74) is 11.2. The van der Waals surface area contributed by atoms with E-state index in [4.69, 9.17) is 44.1 Å². The molecule has 2 rings (SSSR count). The van der Waals surface area contributed by atoms with E-state index in [1.807, 2.05) is 30.3 Å². The van der Waals surface area contributed by atoms with Crippen LogP contribution in [0.4, 0.5) is 0 Å². The van der Waals surface area contributed by atoms with E-state index in [0.717, 1.165) is 5.56 Å². The van der Waals surface area contributed by atoms with Crippen LogP contribution in [0.15, 0.2) is 41.4 Å². The molecule has 6 N–H and O–H groups in total. The third-order valence-corrected chi connectivity index (χ3v) is 5.28. The van der Waals surface area contributed by atoms with E-state index < -0.39 is 23.7 Å². The quantitative estimate of drug-likeness (QED) is 0.148. The van der Waals surface area contributed by atoms with E-state index in [9.17, 15) is 14.7 Å². The molecule has 184 valence electrons. The molecule has 2 aromatic carbocycles. The average molecular weight is 511 g/mol. The lowest BCUT2D eigenvalue weighted by atomic mass is 10.1. The molecule has 0 spiro atoms. The number of carbonyl (C=O) groups excluding carboxylic acids is 2. The molecule has 0 fully saturated rings. The number of rotatable bonds is 12. The predicted molar refractivity (Wildman–Crippen MR) is 132 cm³/mol. The number of nitrogens with zero attached hydrogens (tertiary/aromatic N) is 1. The van der Waals surface area contributed by atoms with Gasteiger partial charge in [-0.1, -0.05) is 53.5 Å². The molecular weight excluding hydrogens is 483 g/mol. The van der Waals surface area contributed by atoms with Crippen LogP contribution in [0.3, 0.4) is 0 Å². The average Bonchev–Trinajstić information content (AvgIpc) is 2.80. The Bertz CT molecular complexity index is 1010. The molecule has 0 aliphatic heterocycles. The summed E-state index contributed by atoms with van der Waals surface area (Å²) in [6, 6.07) is 9.40. The maximum absolute atomic E-state index is 12.9. The van der Waals surface area contributed by atoms with Gasteiger partial charge in [-0.3, -0.25) is 9.79 Å². The first kappa shape index (κ1) is 27.1. The van der Waals surface area contributed by atoms with Gasteiger partial charge in [0, 0.05) is 13.0 Å². The lowest BCUT2D eigenvalue weighted by molar-refractivity contribution is -0.145. The molecule has 0 saturated heterocycles. The Balaban J connectivity index is 2.12. The molecule has 0 saturated carbocycles.